The molecule has 0 aliphatic carbocycles. The van der Waals surface area contributed by atoms with Crippen LogP contribution in [-0.4, -0.2) is 14.1 Å². The van der Waals surface area contributed by atoms with Crippen LogP contribution in [0.5, 0.6) is 5.75 Å². The van der Waals surface area contributed by atoms with Gasteiger partial charge in [-0.3, -0.25) is 0 Å². The van der Waals surface area contributed by atoms with Crippen molar-refractivity contribution >= 4 is 12.4 Å². The number of methoxy groups -OCH3 is 1. The molecule has 1 nitrogen and oxygen atoms in total. The molecule has 16 heavy (non-hydrogen) atoms. The van der Waals surface area contributed by atoms with Crippen LogP contribution < -0.4 is 61.6 Å². The molecule has 0 saturated heterocycles. The van der Waals surface area contributed by atoms with Crippen LogP contribution in [0, 0.1) is 0 Å². The van der Waals surface area contributed by atoms with Gasteiger partial charge in [-0.05, 0) is 17.7 Å². The fraction of sp³-hybridized carbons (Fsp3) is 0.250. The molecule has 0 amide bonds. The van der Waals surface area contributed by atoms with Crippen molar-refractivity contribution in [3.63, 3.8) is 0 Å². The Kier molecular flexibility index (Phi) is 6.49. The van der Waals surface area contributed by atoms with Crippen LogP contribution in [0.15, 0.2) is 18.2 Å². The fourth-order valence-corrected chi connectivity index (χ4v) is 1.16. The Balaban J connectivity index is 0.00000225. The molecule has 0 bridgehead atoms. The zero-order chi connectivity index (χ0) is 11.6. The van der Waals surface area contributed by atoms with E-state index in [1.165, 1.54) is 7.11 Å². The van der Waals surface area contributed by atoms with E-state index in [1.807, 2.05) is 0 Å². The summed E-state index contributed by atoms with van der Waals surface area (Å²) in [5.74, 6) is -0.0893. The first-order valence-electron chi connectivity index (χ1n) is 4.02. The van der Waals surface area contributed by atoms with Crippen LogP contribution in [0.1, 0.15) is 12.0 Å². The molecule has 1 rings (SSSR count). The van der Waals surface area contributed by atoms with E-state index >= 15 is 0 Å². The Bertz CT molecular complexity index is 355. The molecule has 0 spiro atoms. The predicted octanol–water partition coefficient (Wildman–Crippen LogP) is -0.309. The monoisotopic (exact) mass is 264 g/mol. The second kappa shape index (κ2) is 6.34. The molecule has 84 valence electrons. The van der Waals surface area contributed by atoms with E-state index in [1.54, 1.807) is 0 Å². The normalized spacial score (nSPS) is 11.2. The minimum atomic E-state index is -5.45. The van der Waals surface area contributed by atoms with Crippen molar-refractivity contribution in [1.29, 1.82) is 0 Å². The van der Waals surface area contributed by atoms with Gasteiger partial charge in [0.2, 0.25) is 0 Å². The van der Waals surface area contributed by atoms with Gasteiger partial charge in [-0.25, -0.2) is 8.78 Å². The molecular formula is C8H7BF5KO. The van der Waals surface area contributed by atoms with E-state index in [2.05, 4.69) is 4.74 Å². The number of alkyl halides is 2. The summed E-state index contributed by atoms with van der Waals surface area (Å²) in [5.41, 5.74) is -2.31. The van der Waals surface area contributed by atoms with Gasteiger partial charge >= 0.3 is 58.4 Å². The molecule has 0 fully saturated rings. The van der Waals surface area contributed by atoms with Crippen molar-refractivity contribution in [2.45, 2.75) is 6.43 Å². The molecular weight excluding hydrogens is 257 g/mol. The molecule has 0 aliphatic rings. The molecule has 0 unspecified atom stereocenters. The van der Waals surface area contributed by atoms with Crippen molar-refractivity contribution in [3.05, 3.63) is 23.8 Å². The Morgan fingerprint density at radius 1 is 1.19 bits per heavy atom. The topological polar surface area (TPSA) is 9.23 Å². The Morgan fingerprint density at radius 2 is 1.75 bits per heavy atom. The van der Waals surface area contributed by atoms with Crippen LogP contribution in [0.2, 0.25) is 0 Å². The van der Waals surface area contributed by atoms with Crippen molar-refractivity contribution in [3.8, 4) is 5.75 Å². The largest absolute Gasteiger partial charge is 1.00 e. The van der Waals surface area contributed by atoms with E-state index in [4.69, 9.17) is 0 Å². The maximum Gasteiger partial charge on any atom is 1.00 e. The summed E-state index contributed by atoms with van der Waals surface area (Å²) in [5, 5.41) is 0. The summed E-state index contributed by atoms with van der Waals surface area (Å²) >= 11 is 0. The number of hydrogen-bond donors (Lipinski definition) is 0. The number of rotatable bonds is 3. The Hall–Kier alpha value is 0.371. The zero-order valence-corrected chi connectivity index (χ0v) is 11.8. The molecule has 0 heterocycles. The molecule has 0 saturated carbocycles. The Morgan fingerprint density at radius 3 is 2.12 bits per heavy atom. The third kappa shape index (κ3) is 3.99. The molecule has 1 aromatic rings. The van der Waals surface area contributed by atoms with Crippen molar-refractivity contribution in [1.82, 2.24) is 0 Å². The summed E-state index contributed by atoms with van der Waals surface area (Å²) < 4.78 is 66.3. The first kappa shape index (κ1) is 16.4. The molecule has 0 atom stereocenters. The van der Waals surface area contributed by atoms with E-state index in [9.17, 15) is 21.7 Å². The summed E-state index contributed by atoms with van der Waals surface area (Å²) in [4.78, 5) is 0. The van der Waals surface area contributed by atoms with Gasteiger partial charge in [-0.2, -0.15) is 0 Å². The standard InChI is InChI=1S/C8H7BF5O.K/c1-15-5-2-3-6(8(10)11)7(4-5)9(12,13)14;/h2-4,8H,1H3;/q-1;+1. The van der Waals surface area contributed by atoms with Gasteiger partial charge in [-0.15, -0.1) is 0 Å². The van der Waals surface area contributed by atoms with Gasteiger partial charge in [-0.1, -0.05) is 11.5 Å². The minimum Gasteiger partial charge on any atom is -0.497 e. The fourth-order valence-electron chi connectivity index (χ4n) is 1.16. The van der Waals surface area contributed by atoms with E-state index in [0.29, 0.717) is 6.07 Å². The van der Waals surface area contributed by atoms with Gasteiger partial charge in [0.25, 0.3) is 6.43 Å². The number of ether oxygens (including phenoxy) is 1. The van der Waals surface area contributed by atoms with Crippen molar-refractivity contribution in [2.75, 3.05) is 7.11 Å². The Labute approximate surface area is 132 Å². The molecule has 0 aromatic heterocycles. The second-order valence-electron chi connectivity index (χ2n) is 2.87. The quantitative estimate of drug-likeness (QED) is 0.537. The van der Waals surface area contributed by atoms with Crippen molar-refractivity contribution < 1.29 is 77.8 Å². The van der Waals surface area contributed by atoms with Crippen LogP contribution in [0.25, 0.3) is 0 Å². The average Bonchev–Trinajstić information content (AvgIpc) is 2.15. The van der Waals surface area contributed by atoms with E-state index < -0.39 is 24.4 Å². The molecule has 0 N–H and O–H groups in total. The average molecular weight is 264 g/mol. The summed E-state index contributed by atoms with van der Waals surface area (Å²) in [6.45, 7) is -5.45. The van der Waals surface area contributed by atoms with Crippen LogP contribution in [0.3, 0.4) is 0 Å². The third-order valence-electron chi connectivity index (χ3n) is 1.88. The minimum absolute atomic E-state index is 0. The van der Waals surface area contributed by atoms with E-state index in [-0.39, 0.29) is 57.1 Å². The molecule has 8 heteroatoms. The van der Waals surface area contributed by atoms with Gasteiger partial charge < -0.3 is 17.7 Å². The van der Waals surface area contributed by atoms with Gasteiger partial charge in [0.15, 0.2) is 0 Å². The van der Waals surface area contributed by atoms with Crippen LogP contribution in [-0.2, 0) is 0 Å². The van der Waals surface area contributed by atoms with Gasteiger partial charge in [0, 0.05) is 0 Å². The van der Waals surface area contributed by atoms with Gasteiger partial charge in [0.05, 0.1) is 7.11 Å². The molecule has 0 aliphatic heterocycles. The summed E-state index contributed by atoms with van der Waals surface area (Å²) in [6.07, 6.45) is -3.14. The van der Waals surface area contributed by atoms with Crippen LogP contribution in [0.4, 0.5) is 21.7 Å². The van der Waals surface area contributed by atoms with E-state index in [0.717, 1.165) is 12.1 Å². The predicted molar refractivity (Wildman–Crippen MR) is 46.7 cm³/mol. The second-order valence-corrected chi connectivity index (χ2v) is 2.87. The summed E-state index contributed by atoms with van der Waals surface area (Å²) in [6, 6.07) is 2.39. The maximum atomic E-state index is 12.4. The first-order valence-corrected chi connectivity index (χ1v) is 4.02. The molecule has 0 radical (unpaired) electrons. The number of benzene rings is 1. The summed E-state index contributed by atoms with van der Waals surface area (Å²) in [7, 11) is 1.17. The molecule has 1 aromatic carbocycles. The first-order chi connectivity index (χ1) is 6.86. The van der Waals surface area contributed by atoms with Gasteiger partial charge in [0.1, 0.15) is 5.75 Å². The SMILES string of the molecule is COc1ccc(C(F)F)c([B-](F)(F)F)c1.[K+]. The van der Waals surface area contributed by atoms with Crippen LogP contribution >= 0.6 is 0 Å². The maximum absolute atomic E-state index is 12.4. The number of hydrogen-bond acceptors (Lipinski definition) is 1. The number of halogens is 5. The third-order valence-corrected chi connectivity index (χ3v) is 1.88. The van der Waals surface area contributed by atoms with Crippen molar-refractivity contribution in [2.24, 2.45) is 0 Å². The smallest absolute Gasteiger partial charge is 0.497 e. The zero-order valence-electron chi connectivity index (χ0n) is 8.68.